The van der Waals surface area contributed by atoms with E-state index in [1.165, 1.54) is 33.0 Å². The van der Waals surface area contributed by atoms with Crippen LogP contribution in [0.15, 0.2) is 51.7 Å². The lowest BCUT2D eigenvalue weighted by atomic mass is 9.87. The summed E-state index contributed by atoms with van der Waals surface area (Å²) in [5, 5.41) is 13.7. The molecule has 1 aliphatic heterocycles. The molecule has 0 fully saturated rings. The van der Waals surface area contributed by atoms with Crippen LogP contribution in [0.1, 0.15) is 46.5 Å². The van der Waals surface area contributed by atoms with E-state index in [9.17, 15) is 14.7 Å². The molecule has 0 saturated heterocycles. The monoisotopic (exact) mass is 509 g/mol. The molecular weight excluding hydrogens is 478 g/mol. The van der Waals surface area contributed by atoms with Gasteiger partial charge in [0.25, 0.3) is 0 Å². The lowest BCUT2D eigenvalue weighted by Gasteiger charge is -2.27. The normalized spacial score (nSPS) is 15.4. The molecule has 0 radical (unpaired) electrons. The van der Waals surface area contributed by atoms with Crippen LogP contribution >= 0.6 is 0 Å². The topological polar surface area (TPSA) is 116 Å². The molecule has 9 heteroatoms. The number of aromatic hydroxyl groups is 1. The summed E-state index contributed by atoms with van der Waals surface area (Å²) in [5.41, 5.74) is 1.91. The van der Waals surface area contributed by atoms with Crippen molar-refractivity contribution in [3.63, 3.8) is 0 Å². The summed E-state index contributed by atoms with van der Waals surface area (Å²) in [5.74, 6) is -0.256. The van der Waals surface area contributed by atoms with Gasteiger partial charge in [-0.2, -0.15) is 0 Å². The third kappa shape index (κ3) is 5.41. The van der Waals surface area contributed by atoms with Crippen LogP contribution in [0.5, 0.6) is 23.0 Å². The van der Waals surface area contributed by atoms with Gasteiger partial charge in [0.05, 0.1) is 33.5 Å². The van der Waals surface area contributed by atoms with Crippen LogP contribution in [-0.4, -0.2) is 45.5 Å². The highest BCUT2D eigenvalue weighted by Gasteiger charge is 2.31. The Labute approximate surface area is 214 Å². The lowest BCUT2D eigenvalue weighted by Crippen LogP contribution is -2.33. The zero-order valence-electron chi connectivity index (χ0n) is 21.3. The summed E-state index contributed by atoms with van der Waals surface area (Å²) in [6.45, 7) is 2.40. The number of carbonyl (C=O) groups is 1. The van der Waals surface area contributed by atoms with Gasteiger partial charge in [0.1, 0.15) is 17.6 Å². The average Bonchev–Trinajstić information content (AvgIpc) is 2.89. The first-order valence-corrected chi connectivity index (χ1v) is 12.0. The van der Waals surface area contributed by atoms with Crippen molar-refractivity contribution < 1.29 is 33.3 Å². The second-order valence-corrected chi connectivity index (χ2v) is 8.74. The molecule has 0 bridgehead atoms. The first kappa shape index (κ1) is 26.1. The van der Waals surface area contributed by atoms with Gasteiger partial charge in [-0.05, 0) is 30.5 Å². The van der Waals surface area contributed by atoms with Crippen molar-refractivity contribution in [2.45, 2.75) is 31.8 Å². The molecule has 0 aliphatic carbocycles. The van der Waals surface area contributed by atoms with Crippen molar-refractivity contribution in [1.82, 2.24) is 5.32 Å². The number of aryl methyl sites for hydroxylation is 1. The molecule has 0 spiro atoms. The van der Waals surface area contributed by atoms with Crippen LogP contribution < -0.4 is 25.2 Å². The van der Waals surface area contributed by atoms with E-state index in [1.54, 1.807) is 19.1 Å². The molecule has 9 nitrogen and oxygen atoms in total. The SMILES string of the molecule is COc1ccc([C@@H](CC(=O)NC[C@H]2OCCc3ccccc32)c2c(O)cc(C)oc2=O)c(OC)c1OC. The number of carbonyl (C=O) groups excluding carboxylic acids is 1. The Kier molecular flexibility index (Phi) is 8.03. The van der Waals surface area contributed by atoms with E-state index >= 15 is 0 Å². The van der Waals surface area contributed by atoms with E-state index in [1.807, 2.05) is 18.2 Å². The van der Waals surface area contributed by atoms with Crippen LogP contribution in [0.25, 0.3) is 0 Å². The molecular formula is C28H31NO8. The molecule has 1 aromatic heterocycles. The molecule has 0 unspecified atom stereocenters. The first-order chi connectivity index (χ1) is 17.9. The van der Waals surface area contributed by atoms with Crippen LogP contribution in [0.3, 0.4) is 0 Å². The standard InChI is InChI=1S/C28H31NO8/c1-16-13-21(30)25(28(32)37-16)20(19-9-10-22(33-2)27(35-4)26(19)34-3)14-24(31)29-15-23-18-8-6-5-7-17(18)11-12-36-23/h5-10,13,20,23,30H,11-12,14-15H2,1-4H3,(H,29,31)/t20-,23-/m1/s1. The minimum absolute atomic E-state index is 0.0504. The second kappa shape index (κ2) is 11.4. The van der Waals surface area contributed by atoms with Gasteiger partial charge in [0.2, 0.25) is 11.7 Å². The van der Waals surface area contributed by atoms with Gasteiger partial charge in [-0.1, -0.05) is 30.3 Å². The Balaban J connectivity index is 1.67. The molecule has 1 amide bonds. The fourth-order valence-electron chi connectivity index (χ4n) is 4.80. The van der Waals surface area contributed by atoms with E-state index in [4.69, 9.17) is 23.4 Å². The van der Waals surface area contributed by atoms with Crippen LogP contribution in [0.4, 0.5) is 0 Å². The van der Waals surface area contributed by atoms with Crippen molar-refractivity contribution >= 4 is 5.91 Å². The summed E-state index contributed by atoms with van der Waals surface area (Å²) in [6, 6.07) is 12.7. The third-order valence-electron chi connectivity index (χ3n) is 6.51. The summed E-state index contributed by atoms with van der Waals surface area (Å²) in [4.78, 5) is 26.1. The third-order valence-corrected chi connectivity index (χ3v) is 6.51. The number of benzene rings is 2. The van der Waals surface area contributed by atoms with E-state index in [0.717, 1.165) is 12.0 Å². The van der Waals surface area contributed by atoms with Crippen molar-refractivity contribution in [2.24, 2.45) is 0 Å². The van der Waals surface area contributed by atoms with Crippen LogP contribution in [0, 0.1) is 6.92 Å². The van der Waals surface area contributed by atoms with Crippen LogP contribution in [-0.2, 0) is 16.0 Å². The molecule has 4 rings (SSSR count). The molecule has 0 saturated carbocycles. The number of fused-ring (bicyclic) bond motifs is 1. The fourth-order valence-corrected chi connectivity index (χ4v) is 4.80. The number of ether oxygens (including phenoxy) is 4. The smallest absolute Gasteiger partial charge is 0.343 e. The van der Waals surface area contributed by atoms with Crippen molar-refractivity contribution in [2.75, 3.05) is 34.5 Å². The second-order valence-electron chi connectivity index (χ2n) is 8.74. The van der Waals surface area contributed by atoms with Crippen molar-refractivity contribution in [3.8, 4) is 23.0 Å². The van der Waals surface area contributed by atoms with Gasteiger partial charge in [-0.25, -0.2) is 4.79 Å². The van der Waals surface area contributed by atoms with Gasteiger partial charge < -0.3 is 33.8 Å². The van der Waals surface area contributed by atoms with Gasteiger partial charge in [-0.15, -0.1) is 0 Å². The number of nitrogens with one attached hydrogen (secondary N) is 1. The van der Waals surface area contributed by atoms with Crippen molar-refractivity contribution in [3.05, 3.63) is 80.9 Å². The number of methoxy groups -OCH3 is 3. The van der Waals surface area contributed by atoms with Gasteiger partial charge >= 0.3 is 5.63 Å². The minimum atomic E-state index is -0.897. The molecule has 2 heterocycles. The van der Waals surface area contributed by atoms with E-state index < -0.39 is 11.5 Å². The average molecular weight is 510 g/mol. The minimum Gasteiger partial charge on any atom is -0.507 e. The zero-order chi connectivity index (χ0) is 26.5. The fraction of sp³-hybridized carbons (Fsp3) is 0.357. The maximum atomic E-state index is 13.2. The van der Waals surface area contributed by atoms with Crippen LogP contribution in [0.2, 0.25) is 0 Å². The summed E-state index contributed by atoms with van der Waals surface area (Å²) >= 11 is 0. The Morgan fingerprint density at radius 3 is 2.57 bits per heavy atom. The van der Waals surface area contributed by atoms with Gasteiger partial charge in [0, 0.05) is 30.5 Å². The van der Waals surface area contributed by atoms with E-state index in [0.29, 0.717) is 23.7 Å². The summed E-state index contributed by atoms with van der Waals surface area (Å²) in [7, 11) is 4.41. The quantitative estimate of drug-likeness (QED) is 0.449. The van der Waals surface area contributed by atoms with E-state index in [2.05, 4.69) is 11.4 Å². The first-order valence-electron chi connectivity index (χ1n) is 12.0. The number of hydrogen-bond donors (Lipinski definition) is 2. The Morgan fingerprint density at radius 2 is 1.86 bits per heavy atom. The Bertz CT molecular complexity index is 1330. The number of rotatable bonds is 9. The molecule has 2 atom stereocenters. The molecule has 196 valence electrons. The molecule has 37 heavy (non-hydrogen) atoms. The lowest BCUT2D eigenvalue weighted by molar-refractivity contribution is -0.122. The molecule has 2 aromatic carbocycles. The number of hydrogen-bond acceptors (Lipinski definition) is 8. The summed E-state index contributed by atoms with van der Waals surface area (Å²) in [6.07, 6.45) is 0.382. The predicted molar refractivity (Wildman–Crippen MR) is 136 cm³/mol. The zero-order valence-corrected chi connectivity index (χ0v) is 21.3. The molecule has 1 aliphatic rings. The maximum absolute atomic E-state index is 13.2. The maximum Gasteiger partial charge on any atom is 0.343 e. The predicted octanol–water partition coefficient (Wildman–Crippen LogP) is 3.63. The van der Waals surface area contributed by atoms with Gasteiger partial charge in [-0.3, -0.25) is 4.79 Å². The molecule has 2 N–H and O–H groups in total. The highest BCUT2D eigenvalue weighted by Crippen LogP contribution is 2.46. The number of amides is 1. The van der Waals surface area contributed by atoms with Crippen molar-refractivity contribution in [1.29, 1.82) is 0 Å². The van der Waals surface area contributed by atoms with E-state index in [-0.39, 0.29) is 47.8 Å². The largest absolute Gasteiger partial charge is 0.507 e. The van der Waals surface area contributed by atoms with Gasteiger partial charge in [0.15, 0.2) is 11.5 Å². The Morgan fingerprint density at radius 1 is 1.11 bits per heavy atom. The molecule has 3 aromatic rings. The highest BCUT2D eigenvalue weighted by molar-refractivity contribution is 5.78. The highest BCUT2D eigenvalue weighted by atomic mass is 16.5. The Hall–Kier alpha value is -3.98. The summed E-state index contributed by atoms with van der Waals surface area (Å²) < 4.78 is 27.7.